The topological polar surface area (TPSA) is 63.9 Å². The average molecular weight is 329 g/mol. The number of rotatable bonds is 4. The number of amides is 1. The van der Waals surface area contributed by atoms with E-state index in [9.17, 15) is 4.79 Å². The van der Waals surface area contributed by atoms with Gasteiger partial charge in [0.1, 0.15) is 5.52 Å². The lowest BCUT2D eigenvalue weighted by molar-refractivity contribution is 0.0783. The van der Waals surface area contributed by atoms with Crippen molar-refractivity contribution < 1.29 is 4.79 Å². The molecule has 3 heterocycles. The molecule has 0 fully saturated rings. The van der Waals surface area contributed by atoms with Crippen LogP contribution in [0.25, 0.3) is 11.0 Å². The molecular formula is C16H19N5OS. The van der Waals surface area contributed by atoms with Crippen LogP contribution in [0.5, 0.6) is 0 Å². The van der Waals surface area contributed by atoms with Gasteiger partial charge in [0.2, 0.25) is 0 Å². The smallest absolute Gasteiger partial charge is 0.255 e. The van der Waals surface area contributed by atoms with Crippen LogP contribution in [-0.4, -0.2) is 37.6 Å². The normalized spacial score (nSPS) is 11.3. The summed E-state index contributed by atoms with van der Waals surface area (Å²) in [5.41, 5.74) is 3.11. The quantitative estimate of drug-likeness (QED) is 0.738. The number of carbonyl (C=O) groups is 1. The van der Waals surface area contributed by atoms with E-state index in [-0.39, 0.29) is 5.91 Å². The van der Waals surface area contributed by atoms with Crippen LogP contribution < -0.4 is 0 Å². The van der Waals surface area contributed by atoms with Gasteiger partial charge < -0.3 is 4.90 Å². The lowest BCUT2D eigenvalue weighted by atomic mass is 10.2. The standard InChI is InChI=1S/C16H19N5OS/c1-10(2)15-19-12(9-23-15)8-20(3)16(22)11-5-14-13(17-6-11)7-18-21(14)4/h5-7,9-10H,8H2,1-4H3. The maximum Gasteiger partial charge on any atom is 0.255 e. The fraction of sp³-hybridized carbons (Fsp3) is 0.375. The summed E-state index contributed by atoms with van der Waals surface area (Å²) in [4.78, 5) is 23.1. The predicted octanol–water partition coefficient (Wildman–Crippen LogP) is 2.82. The van der Waals surface area contributed by atoms with Gasteiger partial charge in [-0.25, -0.2) is 4.98 Å². The van der Waals surface area contributed by atoms with E-state index in [0.29, 0.717) is 18.0 Å². The van der Waals surface area contributed by atoms with Crippen molar-refractivity contribution >= 4 is 28.3 Å². The van der Waals surface area contributed by atoms with Gasteiger partial charge in [0.05, 0.1) is 34.5 Å². The van der Waals surface area contributed by atoms with Gasteiger partial charge in [0.15, 0.2) is 0 Å². The summed E-state index contributed by atoms with van der Waals surface area (Å²) in [6.07, 6.45) is 3.29. The summed E-state index contributed by atoms with van der Waals surface area (Å²) in [6, 6.07) is 1.83. The number of fused-ring (bicyclic) bond motifs is 1. The Balaban J connectivity index is 1.78. The second-order valence-corrected chi connectivity index (χ2v) is 6.78. The van der Waals surface area contributed by atoms with Crippen LogP contribution in [0.15, 0.2) is 23.8 Å². The minimum absolute atomic E-state index is 0.0697. The van der Waals surface area contributed by atoms with Crippen molar-refractivity contribution in [1.82, 2.24) is 24.6 Å². The van der Waals surface area contributed by atoms with Crippen molar-refractivity contribution in [3.05, 3.63) is 40.1 Å². The lowest BCUT2D eigenvalue weighted by Gasteiger charge is -2.15. The summed E-state index contributed by atoms with van der Waals surface area (Å²) >= 11 is 1.64. The van der Waals surface area contributed by atoms with Crippen molar-refractivity contribution in [3.63, 3.8) is 0 Å². The van der Waals surface area contributed by atoms with Crippen molar-refractivity contribution in [3.8, 4) is 0 Å². The van der Waals surface area contributed by atoms with Crippen LogP contribution >= 0.6 is 11.3 Å². The first-order valence-corrected chi connectivity index (χ1v) is 8.31. The van der Waals surface area contributed by atoms with Gasteiger partial charge in [-0.15, -0.1) is 11.3 Å². The highest BCUT2D eigenvalue weighted by Crippen LogP contribution is 2.20. The zero-order valence-electron chi connectivity index (χ0n) is 13.6. The van der Waals surface area contributed by atoms with E-state index in [2.05, 4.69) is 28.9 Å². The third-order valence-corrected chi connectivity index (χ3v) is 4.85. The number of aryl methyl sites for hydroxylation is 1. The minimum Gasteiger partial charge on any atom is -0.336 e. The van der Waals surface area contributed by atoms with Crippen LogP contribution in [0, 0.1) is 0 Å². The monoisotopic (exact) mass is 329 g/mol. The maximum atomic E-state index is 12.6. The Morgan fingerprint density at radius 2 is 2.17 bits per heavy atom. The third kappa shape index (κ3) is 3.10. The first kappa shape index (κ1) is 15.6. The van der Waals surface area contributed by atoms with Crippen molar-refractivity contribution in [1.29, 1.82) is 0 Å². The molecular weight excluding hydrogens is 310 g/mol. The fourth-order valence-corrected chi connectivity index (χ4v) is 3.16. The molecule has 3 aromatic heterocycles. The number of carbonyl (C=O) groups excluding carboxylic acids is 1. The molecule has 3 aromatic rings. The molecule has 0 saturated carbocycles. The van der Waals surface area contributed by atoms with E-state index in [0.717, 1.165) is 21.7 Å². The van der Waals surface area contributed by atoms with Gasteiger partial charge >= 0.3 is 0 Å². The molecule has 120 valence electrons. The SMILES string of the molecule is CC(C)c1nc(CN(C)C(=O)c2cnc3cnn(C)c3c2)cs1. The number of pyridine rings is 1. The predicted molar refractivity (Wildman–Crippen MR) is 90.5 cm³/mol. The molecule has 0 saturated heterocycles. The van der Waals surface area contributed by atoms with Crippen LogP contribution in [-0.2, 0) is 13.6 Å². The molecule has 3 rings (SSSR count). The number of thiazole rings is 1. The molecule has 0 unspecified atom stereocenters. The number of aromatic nitrogens is 4. The van der Waals surface area contributed by atoms with Crippen LogP contribution in [0.4, 0.5) is 0 Å². The minimum atomic E-state index is -0.0697. The van der Waals surface area contributed by atoms with Crippen molar-refractivity contribution in [2.75, 3.05) is 7.05 Å². The van der Waals surface area contributed by atoms with Crippen molar-refractivity contribution in [2.45, 2.75) is 26.3 Å². The van der Waals surface area contributed by atoms with Gasteiger partial charge in [0.25, 0.3) is 5.91 Å². The van der Waals surface area contributed by atoms with Gasteiger partial charge in [-0.05, 0) is 6.07 Å². The van der Waals surface area contributed by atoms with E-state index >= 15 is 0 Å². The highest BCUT2D eigenvalue weighted by atomic mass is 32.1. The number of hydrogen-bond acceptors (Lipinski definition) is 5. The average Bonchev–Trinajstić information content (AvgIpc) is 3.14. The molecule has 0 aliphatic rings. The zero-order valence-corrected chi connectivity index (χ0v) is 14.5. The third-order valence-electron chi connectivity index (χ3n) is 3.66. The largest absolute Gasteiger partial charge is 0.336 e. The molecule has 0 spiro atoms. The fourth-order valence-electron chi connectivity index (χ4n) is 2.34. The molecule has 0 aromatic carbocycles. The summed E-state index contributed by atoms with van der Waals surface area (Å²) in [6.45, 7) is 4.73. The first-order chi connectivity index (χ1) is 11.0. The second kappa shape index (κ2) is 6.08. The van der Waals surface area contributed by atoms with Crippen LogP contribution in [0.2, 0.25) is 0 Å². The molecule has 6 nitrogen and oxygen atoms in total. The number of nitrogens with zero attached hydrogens (tertiary/aromatic N) is 5. The molecule has 0 aliphatic carbocycles. The van der Waals surface area contributed by atoms with Gasteiger partial charge in [0, 0.05) is 31.6 Å². The van der Waals surface area contributed by atoms with E-state index < -0.39 is 0 Å². The molecule has 0 N–H and O–H groups in total. The summed E-state index contributed by atoms with van der Waals surface area (Å²) < 4.78 is 1.72. The van der Waals surface area contributed by atoms with Crippen LogP contribution in [0.1, 0.15) is 40.8 Å². The van der Waals surface area contributed by atoms with Gasteiger partial charge in [-0.3, -0.25) is 14.5 Å². The highest BCUT2D eigenvalue weighted by Gasteiger charge is 2.16. The Morgan fingerprint density at radius 3 is 2.87 bits per heavy atom. The van der Waals surface area contributed by atoms with E-state index in [1.807, 2.05) is 18.5 Å². The van der Waals surface area contributed by atoms with Gasteiger partial charge in [-0.2, -0.15) is 5.10 Å². The summed E-state index contributed by atoms with van der Waals surface area (Å²) in [7, 11) is 3.62. The molecule has 0 radical (unpaired) electrons. The Labute approximate surface area is 138 Å². The molecule has 7 heteroatoms. The van der Waals surface area contributed by atoms with E-state index in [4.69, 9.17) is 0 Å². The second-order valence-electron chi connectivity index (χ2n) is 5.89. The molecule has 0 bridgehead atoms. The van der Waals surface area contributed by atoms with Gasteiger partial charge in [-0.1, -0.05) is 13.8 Å². The summed E-state index contributed by atoms with van der Waals surface area (Å²) in [5, 5.41) is 7.26. The Bertz CT molecular complexity index is 851. The Hall–Kier alpha value is -2.28. The molecule has 0 atom stereocenters. The van der Waals surface area contributed by atoms with Crippen LogP contribution in [0.3, 0.4) is 0 Å². The Kier molecular flexibility index (Phi) is 4.12. The number of hydrogen-bond donors (Lipinski definition) is 0. The van der Waals surface area contributed by atoms with E-state index in [1.165, 1.54) is 0 Å². The molecule has 23 heavy (non-hydrogen) atoms. The molecule has 1 amide bonds. The van der Waals surface area contributed by atoms with Crippen molar-refractivity contribution in [2.24, 2.45) is 7.05 Å². The maximum absolute atomic E-state index is 12.6. The first-order valence-electron chi connectivity index (χ1n) is 7.43. The zero-order chi connectivity index (χ0) is 16.6. The highest BCUT2D eigenvalue weighted by molar-refractivity contribution is 7.09. The van der Waals surface area contributed by atoms with E-state index in [1.54, 1.807) is 40.4 Å². The molecule has 0 aliphatic heterocycles. The summed E-state index contributed by atoms with van der Waals surface area (Å²) in [5.74, 6) is 0.339. The Morgan fingerprint density at radius 1 is 1.39 bits per heavy atom. The lowest BCUT2D eigenvalue weighted by Crippen LogP contribution is -2.26.